The Morgan fingerprint density at radius 2 is 2.09 bits per heavy atom. The van der Waals surface area contributed by atoms with E-state index in [1.54, 1.807) is 0 Å². The number of hydrogen-bond acceptors (Lipinski definition) is 3. The molecule has 0 spiro atoms. The van der Waals surface area contributed by atoms with Gasteiger partial charge in [-0.1, -0.05) is 0 Å². The van der Waals surface area contributed by atoms with Crippen LogP contribution < -0.4 is 10.6 Å². The summed E-state index contributed by atoms with van der Waals surface area (Å²) in [6, 6.07) is 0.492. The monoisotopic (exact) mass is 153 g/mol. The van der Waals surface area contributed by atoms with Crippen LogP contribution in [-0.2, 0) is 0 Å². The van der Waals surface area contributed by atoms with E-state index >= 15 is 0 Å². The Kier molecular flexibility index (Phi) is 2.19. The second-order valence-electron chi connectivity index (χ2n) is 3.22. The molecule has 2 heterocycles. The van der Waals surface area contributed by atoms with E-state index in [1.807, 2.05) is 0 Å². The third kappa shape index (κ3) is 1.60. The zero-order chi connectivity index (χ0) is 7.52. The normalized spacial score (nSPS) is 32.9. The molecule has 3 nitrogen and oxygen atoms in total. The molecule has 1 saturated heterocycles. The molecule has 3 heteroatoms. The van der Waals surface area contributed by atoms with Gasteiger partial charge in [0.2, 0.25) is 0 Å². The van der Waals surface area contributed by atoms with Crippen LogP contribution in [0.15, 0.2) is 4.99 Å². The maximum Gasteiger partial charge on any atom is 0.0803 e. The first-order valence-corrected chi connectivity index (χ1v) is 4.45. The van der Waals surface area contributed by atoms with Gasteiger partial charge in [0.25, 0.3) is 0 Å². The predicted molar refractivity (Wildman–Crippen MR) is 45.9 cm³/mol. The molecule has 0 aromatic carbocycles. The van der Waals surface area contributed by atoms with Crippen LogP contribution in [0.3, 0.4) is 0 Å². The Balaban J connectivity index is 1.91. The highest BCUT2D eigenvalue weighted by Crippen LogP contribution is 2.12. The van der Waals surface area contributed by atoms with Gasteiger partial charge in [-0.3, -0.25) is 15.6 Å². The first-order valence-electron chi connectivity index (χ1n) is 4.45. The van der Waals surface area contributed by atoms with Crippen molar-refractivity contribution in [3.05, 3.63) is 0 Å². The number of hydrogen-bond donors (Lipinski definition) is 2. The lowest BCUT2D eigenvalue weighted by atomic mass is 10.1. The molecule has 0 bridgehead atoms. The molecular formula is C8H15N3. The average molecular weight is 153 g/mol. The van der Waals surface area contributed by atoms with E-state index in [4.69, 9.17) is 0 Å². The van der Waals surface area contributed by atoms with Crippen LogP contribution >= 0.6 is 0 Å². The summed E-state index contributed by atoms with van der Waals surface area (Å²) in [6.45, 7) is 2.19. The van der Waals surface area contributed by atoms with Crippen LogP contribution in [0.25, 0.3) is 0 Å². The fraction of sp³-hybridized carbons (Fsp3) is 0.875. The molecule has 0 aromatic rings. The summed E-state index contributed by atoms with van der Waals surface area (Å²) in [5.74, 6) is 0. The van der Waals surface area contributed by atoms with E-state index in [2.05, 4.69) is 21.8 Å². The Morgan fingerprint density at radius 1 is 1.27 bits per heavy atom. The molecule has 62 valence electrons. The Hall–Kier alpha value is -0.410. The average Bonchev–Trinajstić information content (AvgIpc) is 2.58. The first kappa shape index (κ1) is 7.25. The SMILES string of the molecule is C1=NC(C2NCCN2)CCC1. The topological polar surface area (TPSA) is 36.4 Å². The van der Waals surface area contributed by atoms with E-state index in [-0.39, 0.29) is 0 Å². The molecule has 0 amide bonds. The van der Waals surface area contributed by atoms with E-state index in [9.17, 15) is 0 Å². The van der Waals surface area contributed by atoms with E-state index in [1.165, 1.54) is 19.3 Å². The van der Waals surface area contributed by atoms with Crippen LogP contribution in [0.1, 0.15) is 19.3 Å². The van der Waals surface area contributed by atoms with Gasteiger partial charge >= 0.3 is 0 Å². The van der Waals surface area contributed by atoms with Gasteiger partial charge in [-0.15, -0.1) is 0 Å². The van der Waals surface area contributed by atoms with E-state index in [0.717, 1.165) is 13.1 Å². The van der Waals surface area contributed by atoms with Crippen molar-refractivity contribution in [1.82, 2.24) is 10.6 Å². The molecule has 1 unspecified atom stereocenters. The molecule has 0 radical (unpaired) electrons. The quantitative estimate of drug-likeness (QED) is 0.561. The summed E-state index contributed by atoms with van der Waals surface area (Å²) in [6.07, 6.45) is 6.22. The molecule has 2 aliphatic rings. The smallest absolute Gasteiger partial charge is 0.0803 e. The Labute approximate surface area is 67.3 Å². The van der Waals surface area contributed by atoms with Crippen molar-refractivity contribution in [3.63, 3.8) is 0 Å². The fourth-order valence-corrected chi connectivity index (χ4v) is 1.76. The summed E-state index contributed by atoms with van der Waals surface area (Å²) in [5, 5.41) is 6.80. The van der Waals surface area contributed by atoms with Crippen molar-refractivity contribution in [3.8, 4) is 0 Å². The van der Waals surface area contributed by atoms with Gasteiger partial charge in [-0.05, 0) is 25.5 Å². The standard InChI is InChI=1S/C8H15N3/c1-2-4-9-7(3-1)8-10-5-6-11-8/h4,7-8,10-11H,1-3,5-6H2. The van der Waals surface area contributed by atoms with E-state index in [0.29, 0.717) is 12.2 Å². The van der Waals surface area contributed by atoms with Crippen LogP contribution in [-0.4, -0.2) is 31.5 Å². The van der Waals surface area contributed by atoms with E-state index < -0.39 is 0 Å². The lowest BCUT2D eigenvalue weighted by Gasteiger charge is -2.22. The Bertz CT molecular complexity index is 149. The van der Waals surface area contributed by atoms with Crippen LogP contribution in [0.5, 0.6) is 0 Å². The van der Waals surface area contributed by atoms with Gasteiger partial charge in [-0.2, -0.15) is 0 Å². The summed E-state index contributed by atoms with van der Waals surface area (Å²) < 4.78 is 0. The third-order valence-electron chi connectivity index (χ3n) is 2.37. The minimum Gasteiger partial charge on any atom is -0.299 e. The largest absolute Gasteiger partial charge is 0.299 e. The van der Waals surface area contributed by atoms with Crippen molar-refractivity contribution in [2.75, 3.05) is 13.1 Å². The minimum absolute atomic E-state index is 0.451. The zero-order valence-electron chi connectivity index (χ0n) is 6.71. The fourth-order valence-electron chi connectivity index (χ4n) is 1.76. The number of nitrogens with one attached hydrogen (secondary N) is 2. The number of aliphatic imine (C=N–C) groups is 1. The van der Waals surface area contributed by atoms with Gasteiger partial charge in [0.05, 0.1) is 12.2 Å². The molecule has 2 rings (SSSR count). The van der Waals surface area contributed by atoms with Crippen molar-refractivity contribution in [1.29, 1.82) is 0 Å². The van der Waals surface area contributed by atoms with Gasteiger partial charge < -0.3 is 0 Å². The van der Waals surface area contributed by atoms with Crippen LogP contribution in [0.2, 0.25) is 0 Å². The molecule has 0 aromatic heterocycles. The zero-order valence-corrected chi connectivity index (χ0v) is 6.71. The summed E-state index contributed by atoms with van der Waals surface area (Å²) in [4.78, 5) is 4.46. The van der Waals surface area contributed by atoms with Gasteiger partial charge in [-0.25, -0.2) is 0 Å². The predicted octanol–water partition coefficient (Wildman–Crippen LogP) is 0.129. The number of nitrogens with zero attached hydrogens (tertiary/aromatic N) is 1. The first-order chi connectivity index (χ1) is 5.47. The molecule has 2 N–H and O–H groups in total. The number of rotatable bonds is 1. The second kappa shape index (κ2) is 3.32. The lowest BCUT2D eigenvalue weighted by Crippen LogP contribution is -2.42. The molecule has 0 aliphatic carbocycles. The highest BCUT2D eigenvalue weighted by molar-refractivity contribution is 5.58. The molecule has 2 aliphatic heterocycles. The van der Waals surface area contributed by atoms with Gasteiger partial charge in [0.15, 0.2) is 0 Å². The van der Waals surface area contributed by atoms with Crippen LogP contribution in [0.4, 0.5) is 0 Å². The molecule has 0 saturated carbocycles. The molecule has 1 fully saturated rings. The summed E-state index contributed by atoms with van der Waals surface area (Å²) in [5.41, 5.74) is 0. The lowest BCUT2D eigenvalue weighted by molar-refractivity contribution is 0.415. The summed E-state index contributed by atoms with van der Waals surface area (Å²) in [7, 11) is 0. The molecule has 11 heavy (non-hydrogen) atoms. The van der Waals surface area contributed by atoms with Crippen molar-refractivity contribution in [2.24, 2.45) is 4.99 Å². The second-order valence-corrected chi connectivity index (χ2v) is 3.22. The van der Waals surface area contributed by atoms with Crippen molar-refractivity contribution < 1.29 is 0 Å². The molecular weight excluding hydrogens is 138 g/mol. The maximum absolute atomic E-state index is 4.46. The third-order valence-corrected chi connectivity index (χ3v) is 2.37. The molecule has 1 atom stereocenters. The summed E-state index contributed by atoms with van der Waals surface area (Å²) >= 11 is 0. The van der Waals surface area contributed by atoms with Gasteiger partial charge in [0, 0.05) is 13.1 Å². The van der Waals surface area contributed by atoms with Crippen molar-refractivity contribution >= 4 is 6.21 Å². The van der Waals surface area contributed by atoms with Gasteiger partial charge in [0.1, 0.15) is 0 Å². The maximum atomic E-state index is 4.46. The van der Waals surface area contributed by atoms with Crippen molar-refractivity contribution in [2.45, 2.75) is 31.5 Å². The highest BCUT2D eigenvalue weighted by atomic mass is 15.2. The highest BCUT2D eigenvalue weighted by Gasteiger charge is 2.23. The Morgan fingerprint density at radius 3 is 2.73 bits per heavy atom. The minimum atomic E-state index is 0.451. The van der Waals surface area contributed by atoms with Crippen LogP contribution in [0, 0.1) is 0 Å².